The number of carbonyl (C=O) groups excluding carboxylic acids is 1. The van der Waals surface area contributed by atoms with E-state index >= 15 is 0 Å². The van der Waals surface area contributed by atoms with Gasteiger partial charge in [0.25, 0.3) is 0 Å². The number of ether oxygens (including phenoxy) is 3. The van der Waals surface area contributed by atoms with Gasteiger partial charge in [0.15, 0.2) is 11.9 Å². The lowest BCUT2D eigenvalue weighted by Gasteiger charge is -2.33. The van der Waals surface area contributed by atoms with E-state index < -0.39 is 36.2 Å². The van der Waals surface area contributed by atoms with Crippen molar-refractivity contribution in [3.8, 4) is 0 Å². The minimum absolute atomic E-state index is 0.0183. The molecule has 3 fully saturated rings. The number of fused-ring (bicyclic) bond motifs is 1. The van der Waals surface area contributed by atoms with Gasteiger partial charge in [-0.1, -0.05) is 11.5 Å². The van der Waals surface area contributed by atoms with Crippen LogP contribution < -0.4 is 0 Å². The van der Waals surface area contributed by atoms with Gasteiger partial charge in [-0.25, -0.2) is 4.79 Å². The molecule has 1 N–H and O–H groups in total. The Bertz CT molecular complexity index is 444. The molecule has 1 spiro atoms. The van der Waals surface area contributed by atoms with Crippen LogP contribution >= 0.6 is 0 Å². The molecule has 2 heterocycles. The first-order valence-electron chi connectivity index (χ1n) is 6.90. The van der Waals surface area contributed by atoms with E-state index in [0.29, 0.717) is 0 Å². The Balaban J connectivity index is 1.81. The van der Waals surface area contributed by atoms with E-state index in [-0.39, 0.29) is 6.54 Å². The van der Waals surface area contributed by atoms with Gasteiger partial charge < -0.3 is 19.3 Å². The van der Waals surface area contributed by atoms with Gasteiger partial charge >= 0.3 is 5.97 Å². The molecule has 20 heavy (non-hydrogen) atoms. The second-order valence-corrected chi connectivity index (χ2v) is 5.47. The first-order valence-corrected chi connectivity index (χ1v) is 6.90. The molecular weight excluding hydrogens is 266 g/mol. The monoisotopic (exact) mass is 283 g/mol. The van der Waals surface area contributed by atoms with Gasteiger partial charge in [0.1, 0.15) is 18.3 Å². The first kappa shape index (κ1) is 13.6. The van der Waals surface area contributed by atoms with Gasteiger partial charge in [-0.2, -0.15) is 0 Å². The van der Waals surface area contributed by atoms with Crippen LogP contribution in [0.15, 0.2) is 5.11 Å². The number of nitrogens with zero attached hydrogens (tertiary/aromatic N) is 3. The predicted octanol–water partition coefficient (Wildman–Crippen LogP) is 1.03. The van der Waals surface area contributed by atoms with Gasteiger partial charge in [0.2, 0.25) is 0 Å². The van der Waals surface area contributed by atoms with Crippen LogP contribution in [-0.2, 0) is 19.0 Å². The highest BCUT2D eigenvalue weighted by Gasteiger charge is 2.57. The van der Waals surface area contributed by atoms with Crippen LogP contribution in [0.25, 0.3) is 10.4 Å². The van der Waals surface area contributed by atoms with E-state index in [4.69, 9.17) is 19.7 Å². The first-order chi connectivity index (χ1) is 9.65. The van der Waals surface area contributed by atoms with Crippen molar-refractivity contribution in [1.82, 2.24) is 0 Å². The number of hydrogen-bond donors (Lipinski definition) is 1. The Morgan fingerprint density at radius 2 is 2.00 bits per heavy atom. The largest absolute Gasteiger partial charge is 0.457 e. The van der Waals surface area contributed by atoms with Gasteiger partial charge in [-0.3, -0.25) is 0 Å². The zero-order valence-corrected chi connectivity index (χ0v) is 11.0. The molecule has 3 aliphatic rings. The number of hydrogen-bond acceptors (Lipinski definition) is 6. The van der Waals surface area contributed by atoms with E-state index in [2.05, 4.69) is 10.0 Å². The molecule has 8 nitrogen and oxygen atoms in total. The summed E-state index contributed by atoms with van der Waals surface area (Å²) < 4.78 is 16.9. The third kappa shape index (κ3) is 2.25. The van der Waals surface area contributed by atoms with Crippen LogP contribution in [0.4, 0.5) is 0 Å². The minimum Gasteiger partial charge on any atom is -0.457 e. The standard InChI is InChI=1S/C12H17N3O5/c13-15-14-6-7-9-10(8(16)11(17)18-7)20-12(19-9)4-2-1-3-5-12/h7-10,16H,1-6H2/t7-,8+,9-,10+/m1/s1. The van der Waals surface area contributed by atoms with E-state index in [9.17, 15) is 9.90 Å². The van der Waals surface area contributed by atoms with Crippen molar-refractivity contribution in [3.63, 3.8) is 0 Å². The third-order valence-corrected chi connectivity index (χ3v) is 4.15. The third-order valence-electron chi connectivity index (χ3n) is 4.15. The molecule has 0 aromatic carbocycles. The molecule has 110 valence electrons. The van der Waals surface area contributed by atoms with Crippen molar-refractivity contribution in [2.75, 3.05) is 6.54 Å². The van der Waals surface area contributed by atoms with Crippen molar-refractivity contribution in [2.24, 2.45) is 5.11 Å². The second-order valence-electron chi connectivity index (χ2n) is 5.47. The molecule has 2 saturated heterocycles. The fourth-order valence-electron chi connectivity index (χ4n) is 3.19. The zero-order valence-electron chi connectivity index (χ0n) is 11.0. The molecule has 4 atom stereocenters. The van der Waals surface area contributed by atoms with Gasteiger partial charge in [-0.15, -0.1) is 0 Å². The summed E-state index contributed by atoms with van der Waals surface area (Å²) in [7, 11) is 0. The number of aliphatic hydroxyl groups is 1. The number of azide groups is 1. The summed E-state index contributed by atoms with van der Waals surface area (Å²) in [6, 6.07) is 0. The van der Waals surface area contributed by atoms with Gasteiger partial charge in [0.05, 0.1) is 6.54 Å². The van der Waals surface area contributed by atoms with Crippen LogP contribution in [0, 0.1) is 0 Å². The summed E-state index contributed by atoms with van der Waals surface area (Å²) in [5, 5.41) is 13.4. The van der Waals surface area contributed by atoms with Crippen molar-refractivity contribution >= 4 is 5.97 Å². The topological polar surface area (TPSA) is 114 Å². The fraction of sp³-hybridized carbons (Fsp3) is 0.917. The number of rotatable bonds is 2. The summed E-state index contributed by atoms with van der Waals surface area (Å²) in [4.78, 5) is 14.3. The fourth-order valence-corrected chi connectivity index (χ4v) is 3.19. The summed E-state index contributed by atoms with van der Waals surface area (Å²) in [6.45, 7) is -0.0183. The Morgan fingerprint density at radius 3 is 2.70 bits per heavy atom. The predicted molar refractivity (Wildman–Crippen MR) is 65.5 cm³/mol. The highest BCUT2D eigenvalue weighted by atomic mass is 16.8. The molecule has 0 aromatic heterocycles. The van der Waals surface area contributed by atoms with Gasteiger partial charge in [-0.05, 0) is 18.4 Å². The highest BCUT2D eigenvalue weighted by molar-refractivity contribution is 5.76. The number of carbonyl (C=O) groups is 1. The molecule has 2 aliphatic heterocycles. The number of aliphatic hydroxyl groups excluding tert-OH is 1. The van der Waals surface area contributed by atoms with Crippen molar-refractivity contribution < 1.29 is 24.1 Å². The van der Waals surface area contributed by atoms with E-state index in [1.807, 2.05) is 0 Å². The SMILES string of the molecule is [N-]=[N+]=NC[C@H]1OC(=O)[C@@H](O)[C@@H]2OC3(CCCCC3)O[C@@H]21. The Kier molecular flexibility index (Phi) is 3.55. The summed E-state index contributed by atoms with van der Waals surface area (Å²) in [6.07, 6.45) is 1.24. The lowest BCUT2D eigenvalue weighted by Crippen LogP contribution is -2.55. The van der Waals surface area contributed by atoms with Gasteiger partial charge in [0, 0.05) is 17.8 Å². The Morgan fingerprint density at radius 1 is 1.30 bits per heavy atom. The van der Waals surface area contributed by atoms with Crippen LogP contribution in [-0.4, -0.2) is 47.8 Å². The average Bonchev–Trinajstić information content (AvgIpc) is 2.82. The van der Waals surface area contributed by atoms with Crippen molar-refractivity contribution in [1.29, 1.82) is 0 Å². The molecule has 1 aliphatic carbocycles. The van der Waals surface area contributed by atoms with E-state index in [1.54, 1.807) is 0 Å². The normalized spacial score (nSPS) is 39.0. The molecule has 8 heteroatoms. The van der Waals surface area contributed by atoms with Crippen LogP contribution in [0.5, 0.6) is 0 Å². The minimum atomic E-state index is -1.34. The molecular formula is C12H17N3O5. The molecule has 0 bridgehead atoms. The summed E-state index contributed by atoms with van der Waals surface area (Å²) >= 11 is 0. The van der Waals surface area contributed by atoms with Crippen molar-refractivity contribution in [3.05, 3.63) is 10.4 Å². The quantitative estimate of drug-likeness (QED) is 0.352. The smallest absolute Gasteiger partial charge is 0.338 e. The number of esters is 1. The number of cyclic esters (lactones) is 1. The molecule has 1 saturated carbocycles. The molecule has 3 rings (SSSR count). The molecule has 0 amide bonds. The lowest BCUT2D eigenvalue weighted by atomic mass is 9.94. The lowest BCUT2D eigenvalue weighted by molar-refractivity contribution is -0.199. The highest BCUT2D eigenvalue weighted by Crippen LogP contribution is 2.44. The second kappa shape index (κ2) is 5.21. The van der Waals surface area contributed by atoms with E-state index in [0.717, 1.165) is 32.1 Å². The summed E-state index contributed by atoms with van der Waals surface area (Å²) in [5.41, 5.74) is 8.39. The maximum atomic E-state index is 11.6. The van der Waals surface area contributed by atoms with Crippen molar-refractivity contribution in [2.45, 2.75) is 62.3 Å². The van der Waals surface area contributed by atoms with Crippen LogP contribution in [0.3, 0.4) is 0 Å². The average molecular weight is 283 g/mol. The maximum absolute atomic E-state index is 11.6. The Labute approximate surface area is 115 Å². The Hall–Kier alpha value is -1.34. The van der Waals surface area contributed by atoms with Crippen LogP contribution in [0.2, 0.25) is 0 Å². The summed E-state index contributed by atoms with van der Waals surface area (Å²) in [5.74, 6) is -1.47. The molecule has 0 radical (unpaired) electrons. The maximum Gasteiger partial charge on any atom is 0.338 e. The van der Waals surface area contributed by atoms with E-state index in [1.165, 1.54) is 0 Å². The molecule has 0 aromatic rings. The zero-order chi connectivity index (χ0) is 14.2. The van der Waals surface area contributed by atoms with Crippen LogP contribution in [0.1, 0.15) is 32.1 Å². The molecule has 0 unspecified atom stereocenters.